The Kier molecular flexibility index (Phi) is 5.59. The van der Waals surface area contributed by atoms with Crippen molar-refractivity contribution in [3.63, 3.8) is 0 Å². The van der Waals surface area contributed by atoms with Gasteiger partial charge in [-0.05, 0) is 47.0 Å². The van der Waals surface area contributed by atoms with Gasteiger partial charge in [0.1, 0.15) is 12.4 Å². The van der Waals surface area contributed by atoms with Gasteiger partial charge in [-0.1, -0.05) is 36.4 Å². The van der Waals surface area contributed by atoms with Gasteiger partial charge < -0.3 is 20.1 Å². The minimum Gasteiger partial charge on any atom is -0.489 e. The van der Waals surface area contributed by atoms with Crippen LogP contribution < -0.4 is 4.74 Å². The Labute approximate surface area is 165 Å². The number of rotatable bonds is 7. The van der Waals surface area contributed by atoms with Gasteiger partial charge in [0.2, 0.25) is 0 Å². The van der Waals surface area contributed by atoms with Gasteiger partial charge in [-0.25, -0.2) is 14.4 Å². The first kappa shape index (κ1) is 19.6. The SMILES string of the molecule is O=C(O)c1ccc(-c2ccc(COc3cc(C(=O)O)cc(C(=O)O)c3)cc2)cc1. The van der Waals surface area contributed by atoms with Crippen LogP contribution in [0.15, 0.2) is 66.7 Å². The number of benzene rings is 3. The largest absolute Gasteiger partial charge is 0.489 e. The lowest BCUT2D eigenvalue weighted by molar-refractivity contribution is 0.0681. The standard InChI is InChI=1S/C22H16O7/c23-20(24)16-7-5-15(6-8-16)14-3-1-13(2-4-14)12-29-19-10-17(21(25)26)9-18(11-19)22(27)28/h1-11H,12H2,(H,23,24)(H,25,26)(H,27,28). The minimum atomic E-state index is -1.24. The Bertz CT molecular complexity index is 1040. The maximum absolute atomic E-state index is 11.2. The molecule has 0 fully saturated rings. The quantitative estimate of drug-likeness (QED) is 0.555. The van der Waals surface area contributed by atoms with Crippen molar-refractivity contribution in [2.75, 3.05) is 0 Å². The highest BCUT2D eigenvalue weighted by molar-refractivity contribution is 5.94. The van der Waals surface area contributed by atoms with E-state index in [2.05, 4.69) is 0 Å². The molecule has 29 heavy (non-hydrogen) atoms. The summed E-state index contributed by atoms with van der Waals surface area (Å²) in [6.07, 6.45) is 0. The number of hydrogen-bond donors (Lipinski definition) is 3. The van der Waals surface area contributed by atoms with E-state index in [-0.39, 0.29) is 29.0 Å². The molecule has 0 aromatic heterocycles. The molecule has 3 aromatic rings. The summed E-state index contributed by atoms with van der Waals surface area (Å²) in [6.45, 7) is 0.125. The van der Waals surface area contributed by atoms with Crippen LogP contribution in [0.4, 0.5) is 0 Å². The van der Waals surface area contributed by atoms with Crippen LogP contribution >= 0.6 is 0 Å². The molecule has 0 heterocycles. The summed E-state index contributed by atoms with van der Waals surface area (Å²) < 4.78 is 5.57. The molecular weight excluding hydrogens is 376 g/mol. The van der Waals surface area contributed by atoms with Gasteiger partial charge in [0, 0.05) is 0 Å². The van der Waals surface area contributed by atoms with Crippen LogP contribution in [0.5, 0.6) is 5.75 Å². The number of carboxylic acid groups (broad SMARTS) is 3. The highest BCUT2D eigenvalue weighted by Gasteiger charge is 2.12. The topological polar surface area (TPSA) is 121 Å². The molecule has 0 aliphatic rings. The van der Waals surface area contributed by atoms with E-state index in [0.29, 0.717) is 0 Å². The zero-order valence-corrected chi connectivity index (χ0v) is 15.0. The van der Waals surface area contributed by atoms with Gasteiger partial charge in [-0.3, -0.25) is 0 Å². The molecule has 0 atom stereocenters. The second-order valence-electron chi connectivity index (χ2n) is 6.22. The van der Waals surface area contributed by atoms with Crippen molar-refractivity contribution < 1.29 is 34.4 Å². The molecule has 3 rings (SSSR count). The number of carboxylic acids is 3. The molecule has 146 valence electrons. The highest BCUT2D eigenvalue weighted by atomic mass is 16.5. The summed E-state index contributed by atoms with van der Waals surface area (Å²) in [5, 5.41) is 27.2. The highest BCUT2D eigenvalue weighted by Crippen LogP contribution is 2.22. The van der Waals surface area contributed by atoms with E-state index in [0.717, 1.165) is 22.8 Å². The Morgan fingerprint density at radius 2 is 1.07 bits per heavy atom. The predicted octanol–water partition coefficient (Wildman–Crippen LogP) is 4.03. The van der Waals surface area contributed by atoms with Gasteiger partial charge in [-0.2, -0.15) is 0 Å². The lowest BCUT2D eigenvalue weighted by atomic mass is 10.0. The van der Waals surface area contributed by atoms with Crippen molar-refractivity contribution >= 4 is 17.9 Å². The van der Waals surface area contributed by atoms with E-state index < -0.39 is 17.9 Å². The molecule has 7 nitrogen and oxygen atoms in total. The van der Waals surface area contributed by atoms with E-state index in [9.17, 15) is 14.4 Å². The molecule has 0 unspecified atom stereocenters. The monoisotopic (exact) mass is 392 g/mol. The number of aromatic carboxylic acids is 3. The molecule has 0 radical (unpaired) electrons. The van der Waals surface area contributed by atoms with Crippen molar-refractivity contribution in [3.05, 3.63) is 89.0 Å². The fourth-order valence-corrected chi connectivity index (χ4v) is 2.69. The average Bonchev–Trinajstić information content (AvgIpc) is 2.72. The molecule has 7 heteroatoms. The first-order valence-corrected chi connectivity index (χ1v) is 8.50. The van der Waals surface area contributed by atoms with Crippen LogP contribution in [0.3, 0.4) is 0 Å². The Hall–Kier alpha value is -4.13. The zero-order chi connectivity index (χ0) is 21.0. The van der Waals surface area contributed by atoms with Crippen molar-refractivity contribution in [2.45, 2.75) is 6.61 Å². The number of carbonyl (C=O) groups is 3. The summed E-state index contributed by atoms with van der Waals surface area (Å²) >= 11 is 0. The van der Waals surface area contributed by atoms with Crippen LogP contribution in [-0.4, -0.2) is 33.2 Å². The fourth-order valence-electron chi connectivity index (χ4n) is 2.69. The molecule has 0 aliphatic carbocycles. The molecule has 0 saturated heterocycles. The fraction of sp³-hybridized carbons (Fsp3) is 0.0455. The van der Waals surface area contributed by atoms with E-state index in [1.807, 2.05) is 24.3 Å². The van der Waals surface area contributed by atoms with Crippen LogP contribution in [-0.2, 0) is 6.61 Å². The summed E-state index contributed by atoms with van der Waals surface area (Å²) in [6, 6.07) is 17.5. The third-order valence-electron chi connectivity index (χ3n) is 4.23. The van der Waals surface area contributed by atoms with Crippen molar-refractivity contribution in [3.8, 4) is 16.9 Å². The van der Waals surface area contributed by atoms with Crippen LogP contribution in [0.25, 0.3) is 11.1 Å². The number of ether oxygens (including phenoxy) is 1. The van der Waals surface area contributed by atoms with Gasteiger partial charge in [-0.15, -0.1) is 0 Å². The van der Waals surface area contributed by atoms with Crippen LogP contribution in [0.2, 0.25) is 0 Å². The molecule has 0 saturated carbocycles. The lowest BCUT2D eigenvalue weighted by Crippen LogP contribution is -2.04. The summed E-state index contributed by atoms with van der Waals surface area (Å²) in [5.74, 6) is -3.31. The normalized spacial score (nSPS) is 10.3. The first-order chi connectivity index (χ1) is 13.8. The summed E-state index contributed by atoms with van der Waals surface area (Å²) in [7, 11) is 0. The second-order valence-corrected chi connectivity index (χ2v) is 6.22. The summed E-state index contributed by atoms with van der Waals surface area (Å²) in [4.78, 5) is 33.2. The molecule has 0 bridgehead atoms. The second kappa shape index (κ2) is 8.26. The van der Waals surface area contributed by atoms with Crippen molar-refractivity contribution in [1.82, 2.24) is 0 Å². The Balaban J connectivity index is 1.73. The molecule has 0 aliphatic heterocycles. The molecule has 0 spiro atoms. The van der Waals surface area contributed by atoms with E-state index in [1.54, 1.807) is 12.1 Å². The van der Waals surface area contributed by atoms with Gasteiger partial charge >= 0.3 is 17.9 Å². The average molecular weight is 392 g/mol. The molecular formula is C22H16O7. The van der Waals surface area contributed by atoms with E-state index in [1.165, 1.54) is 24.3 Å². The first-order valence-electron chi connectivity index (χ1n) is 8.50. The predicted molar refractivity (Wildman–Crippen MR) is 104 cm³/mol. The number of hydrogen-bond acceptors (Lipinski definition) is 4. The van der Waals surface area contributed by atoms with Gasteiger partial charge in [0.25, 0.3) is 0 Å². The third-order valence-corrected chi connectivity index (χ3v) is 4.23. The molecule has 3 aromatic carbocycles. The maximum atomic E-state index is 11.2. The maximum Gasteiger partial charge on any atom is 0.335 e. The lowest BCUT2D eigenvalue weighted by Gasteiger charge is -2.09. The Morgan fingerprint density at radius 3 is 1.52 bits per heavy atom. The zero-order valence-electron chi connectivity index (χ0n) is 15.0. The van der Waals surface area contributed by atoms with E-state index >= 15 is 0 Å². The van der Waals surface area contributed by atoms with Crippen molar-refractivity contribution in [1.29, 1.82) is 0 Å². The van der Waals surface area contributed by atoms with Crippen LogP contribution in [0, 0.1) is 0 Å². The molecule has 3 N–H and O–H groups in total. The van der Waals surface area contributed by atoms with E-state index in [4.69, 9.17) is 20.1 Å². The van der Waals surface area contributed by atoms with Gasteiger partial charge in [0.15, 0.2) is 0 Å². The minimum absolute atomic E-state index is 0.125. The third kappa shape index (κ3) is 4.78. The summed E-state index contributed by atoms with van der Waals surface area (Å²) in [5.41, 5.74) is 2.44. The van der Waals surface area contributed by atoms with Gasteiger partial charge in [0.05, 0.1) is 16.7 Å². The van der Waals surface area contributed by atoms with Crippen LogP contribution in [0.1, 0.15) is 36.6 Å². The smallest absolute Gasteiger partial charge is 0.335 e. The van der Waals surface area contributed by atoms with Crippen molar-refractivity contribution in [2.24, 2.45) is 0 Å². The molecule has 0 amide bonds. The Morgan fingerprint density at radius 1 is 0.621 bits per heavy atom.